The van der Waals surface area contributed by atoms with Crippen LogP contribution >= 0.6 is 0 Å². The number of carbonyl (C=O) groups excluding carboxylic acids is 1. The Labute approximate surface area is 142 Å². The second kappa shape index (κ2) is 6.98. The molecular weight excluding hydrogens is 304 g/mol. The maximum atomic E-state index is 12.6. The monoisotopic (exact) mass is 328 g/mol. The van der Waals surface area contributed by atoms with Crippen LogP contribution in [-0.2, 0) is 0 Å². The van der Waals surface area contributed by atoms with Crippen molar-refractivity contribution in [2.24, 2.45) is 0 Å². The van der Waals surface area contributed by atoms with E-state index in [1.165, 1.54) is 0 Å². The van der Waals surface area contributed by atoms with Crippen molar-refractivity contribution in [3.05, 3.63) is 36.3 Å². The summed E-state index contributed by atoms with van der Waals surface area (Å²) in [6.07, 6.45) is 7.04. The van der Waals surface area contributed by atoms with Crippen LogP contribution in [0.25, 0.3) is 0 Å². The molecule has 0 aromatic carbocycles. The number of carbonyl (C=O) groups is 1. The van der Waals surface area contributed by atoms with E-state index >= 15 is 0 Å². The van der Waals surface area contributed by atoms with E-state index in [9.17, 15) is 4.79 Å². The molecule has 1 aliphatic heterocycles. The molecule has 0 spiro atoms. The summed E-state index contributed by atoms with van der Waals surface area (Å²) in [5.74, 6) is 0.947. The van der Waals surface area contributed by atoms with Crippen LogP contribution in [0.2, 0.25) is 0 Å². The van der Waals surface area contributed by atoms with Crippen molar-refractivity contribution >= 4 is 11.7 Å². The third kappa shape index (κ3) is 3.39. The van der Waals surface area contributed by atoms with Crippen molar-refractivity contribution in [1.29, 1.82) is 0 Å². The van der Waals surface area contributed by atoms with Crippen molar-refractivity contribution in [3.63, 3.8) is 0 Å². The fraction of sp³-hybridized carbons (Fsp3) is 0.529. The molecule has 7 heteroatoms. The van der Waals surface area contributed by atoms with Crippen molar-refractivity contribution in [1.82, 2.24) is 24.9 Å². The fourth-order valence-corrected chi connectivity index (χ4v) is 3.04. The molecule has 0 atom stereocenters. The van der Waals surface area contributed by atoms with Crippen LogP contribution in [0.15, 0.2) is 30.7 Å². The number of aromatic nitrogens is 4. The van der Waals surface area contributed by atoms with Crippen LogP contribution in [0, 0.1) is 0 Å². The second-order valence-corrected chi connectivity index (χ2v) is 6.52. The summed E-state index contributed by atoms with van der Waals surface area (Å²) in [6, 6.07) is 4.50. The molecule has 0 radical (unpaired) electrons. The van der Waals surface area contributed by atoms with E-state index in [2.05, 4.69) is 34.0 Å². The van der Waals surface area contributed by atoms with E-state index in [-0.39, 0.29) is 11.9 Å². The lowest BCUT2D eigenvalue weighted by Gasteiger charge is -2.37. The van der Waals surface area contributed by atoms with E-state index in [4.69, 9.17) is 0 Å². The molecule has 7 nitrogen and oxygen atoms in total. The van der Waals surface area contributed by atoms with Crippen molar-refractivity contribution in [2.45, 2.75) is 38.8 Å². The van der Waals surface area contributed by atoms with Crippen molar-refractivity contribution < 1.29 is 4.79 Å². The highest BCUT2D eigenvalue weighted by molar-refractivity contribution is 5.93. The van der Waals surface area contributed by atoms with Crippen molar-refractivity contribution in [3.8, 4) is 0 Å². The van der Waals surface area contributed by atoms with E-state index in [1.807, 2.05) is 35.0 Å². The molecule has 1 amide bonds. The summed E-state index contributed by atoms with van der Waals surface area (Å²) in [7, 11) is 2.04. The molecule has 0 aliphatic carbocycles. The van der Waals surface area contributed by atoms with Gasteiger partial charge in [0.1, 0.15) is 0 Å². The summed E-state index contributed by atoms with van der Waals surface area (Å²) in [6.45, 7) is 5.60. The first-order valence-corrected chi connectivity index (χ1v) is 8.40. The third-order valence-corrected chi connectivity index (χ3v) is 4.60. The van der Waals surface area contributed by atoms with Gasteiger partial charge in [0.2, 0.25) is 0 Å². The number of likely N-dealkylation sites (tertiary alicyclic amines) is 1. The van der Waals surface area contributed by atoms with Gasteiger partial charge in [0.05, 0.1) is 11.8 Å². The van der Waals surface area contributed by atoms with Gasteiger partial charge in [-0.1, -0.05) is 0 Å². The molecule has 128 valence electrons. The number of piperidine rings is 1. The molecule has 0 unspecified atom stereocenters. The number of rotatable bonds is 4. The van der Waals surface area contributed by atoms with E-state index in [0.29, 0.717) is 11.6 Å². The number of hydrogen-bond donors (Lipinski definition) is 0. The first kappa shape index (κ1) is 16.4. The molecule has 24 heavy (non-hydrogen) atoms. The Morgan fingerprint density at radius 3 is 2.67 bits per heavy atom. The third-order valence-electron chi connectivity index (χ3n) is 4.60. The number of nitrogens with zero attached hydrogens (tertiary/aromatic N) is 6. The molecule has 2 aromatic heterocycles. The van der Waals surface area contributed by atoms with Crippen LogP contribution in [0.5, 0.6) is 0 Å². The van der Waals surface area contributed by atoms with E-state index < -0.39 is 0 Å². The van der Waals surface area contributed by atoms with Gasteiger partial charge in [0.15, 0.2) is 5.82 Å². The molecule has 0 N–H and O–H groups in total. The minimum Gasteiger partial charge on any atom is -0.355 e. The van der Waals surface area contributed by atoms with Gasteiger partial charge in [-0.3, -0.25) is 9.48 Å². The van der Waals surface area contributed by atoms with E-state index in [1.54, 1.807) is 12.4 Å². The first-order valence-electron chi connectivity index (χ1n) is 8.40. The normalized spacial score (nSPS) is 15.8. The van der Waals surface area contributed by atoms with Gasteiger partial charge in [0, 0.05) is 44.6 Å². The Bertz CT molecular complexity index is 675. The predicted octanol–water partition coefficient (Wildman–Crippen LogP) is 1.99. The van der Waals surface area contributed by atoms with Gasteiger partial charge >= 0.3 is 0 Å². The maximum absolute atomic E-state index is 12.6. The average Bonchev–Trinajstić information content (AvgIpc) is 3.12. The van der Waals surface area contributed by atoms with Crippen LogP contribution in [0.1, 0.15) is 43.1 Å². The molecule has 1 fully saturated rings. The van der Waals surface area contributed by atoms with Crippen LogP contribution in [0.4, 0.5) is 5.82 Å². The van der Waals surface area contributed by atoms with Crippen LogP contribution in [-0.4, -0.2) is 57.0 Å². The van der Waals surface area contributed by atoms with Crippen molar-refractivity contribution in [2.75, 3.05) is 25.0 Å². The number of anilines is 1. The Kier molecular flexibility index (Phi) is 4.78. The van der Waals surface area contributed by atoms with Gasteiger partial charge in [-0.05, 0) is 38.8 Å². The fourth-order valence-electron chi connectivity index (χ4n) is 3.04. The lowest BCUT2D eigenvalue weighted by molar-refractivity contribution is 0.0713. The maximum Gasteiger partial charge on any atom is 0.257 e. The Hall–Kier alpha value is -2.44. The minimum absolute atomic E-state index is 0.0718. The molecule has 1 saturated heterocycles. The minimum atomic E-state index is 0.0718. The first-order chi connectivity index (χ1) is 11.6. The molecule has 3 rings (SSSR count). The van der Waals surface area contributed by atoms with Gasteiger partial charge in [-0.2, -0.15) is 10.2 Å². The summed E-state index contributed by atoms with van der Waals surface area (Å²) in [5.41, 5.74) is 0.671. The SMILES string of the molecule is CC(C)n1cc(C(=O)N2CCC(N(C)c3cccnn3)CC2)cn1. The summed E-state index contributed by atoms with van der Waals surface area (Å²) < 4.78 is 1.82. The van der Waals surface area contributed by atoms with Gasteiger partial charge in [-0.15, -0.1) is 5.10 Å². The molecule has 2 aromatic rings. The van der Waals surface area contributed by atoms with Crippen LogP contribution < -0.4 is 4.90 Å². The molecule has 0 saturated carbocycles. The van der Waals surface area contributed by atoms with Gasteiger partial charge in [0.25, 0.3) is 5.91 Å². The zero-order valence-corrected chi connectivity index (χ0v) is 14.5. The van der Waals surface area contributed by atoms with Gasteiger partial charge in [-0.25, -0.2) is 0 Å². The second-order valence-electron chi connectivity index (χ2n) is 6.52. The number of amides is 1. The Morgan fingerprint density at radius 1 is 1.33 bits per heavy atom. The smallest absolute Gasteiger partial charge is 0.257 e. The van der Waals surface area contributed by atoms with Gasteiger partial charge < -0.3 is 9.80 Å². The lowest BCUT2D eigenvalue weighted by Crippen LogP contribution is -2.45. The quantitative estimate of drug-likeness (QED) is 0.859. The Morgan fingerprint density at radius 2 is 2.08 bits per heavy atom. The highest BCUT2D eigenvalue weighted by Gasteiger charge is 2.27. The molecule has 0 bridgehead atoms. The summed E-state index contributed by atoms with van der Waals surface area (Å²) in [5, 5.41) is 12.4. The summed E-state index contributed by atoms with van der Waals surface area (Å²) in [4.78, 5) is 16.7. The zero-order valence-electron chi connectivity index (χ0n) is 14.5. The zero-order chi connectivity index (χ0) is 17.1. The average molecular weight is 328 g/mol. The summed E-state index contributed by atoms with van der Waals surface area (Å²) >= 11 is 0. The number of hydrogen-bond acceptors (Lipinski definition) is 5. The highest BCUT2D eigenvalue weighted by Crippen LogP contribution is 2.21. The predicted molar refractivity (Wildman–Crippen MR) is 92.0 cm³/mol. The van der Waals surface area contributed by atoms with Crippen LogP contribution in [0.3, 0.4) is 0 Å². The molecular formula is C17H24N6O. The van der Waals surface area contributed by atoms with E-state index in [0.717, 1.165) is 31.7 Å². The topological polar surface area (TPSA) is 67.2 Å². The largest absolute Gasteiger partial charge is 0.355 e. The standard InChI is InChI=1S/C17H24N6O/c1-13(2)23-12-14(11-19-23)17(24)22-9-6-15(7-10-22)21(3)16-5-4-8-18-20-16/h4-5,8,11-13,15H,6-7,9-10H2,1-3H3. The Balaban J connectivity index is 1.59. The highest BCUT2D eigenvalue weighted by atomic mass is 16.2. The molecule has 1 aliphatic rings. The molecule has 3 heterocycles. The lowest BCUT2D eigenvalue weighted by atomic mass is 10.0.